The molecule has 2 rings (SSSR count). The van der Waals surface area contributed by atoms with Crippen LogP contribution in [0.4, 0.5) is 9.18 Å². The normalized spacial score (nSPS) is 15.3. The zero-order chi connectivity index (χ0) is 16.7. The van der Waals surface area contributed by atoms with Crippen LogP contribution in [-0.4, -0.2) is 26.3 Å². The van der Waals surface area contributed by atoms with Gasteiger partial charge in [0.05, 0.1) is 11.6 Å². The van der Waals surface area contributed by atoms with Gasteiger partial charge in [0, 0.05) is 32.4 Å². The second kappa shape index (κ2) is 7.93. The number of nitriles is 1. The first-order valence-corrected chi connectivity index (χ1v) is 7.78. The largest absolute Gasteiger partial charge is 0.385 e. The second-order valence-corrected chi connectivity index (χ2v) is 6.05. The molecule has 0 aliphatic heterocycles. The van der Waals surface area contributed by atoms with E-state index in [2.05, 4.69) is 10.6 Å². The van der Waals surface area contributed by atoms with Crippen LogP contribution in [0.2, 0.25) is 0 Å². The molecule has 0 unspecified atom stereocenters. The summed E-state index contributed by atoms with van der Waals surface area (Å²) < 4.78 is 18.8. The summed E-state index contributed by atoms with van der Waals surface area (Å²) >= 11 is 0. The van der Waals surface area contributed by atoms with Crippen LogP contribution in [0.5, 0.6) is 0 Å². The summed E-state index contributed by atoms with van der Waals surface area (Å²) in [7, 11) is 1.68. The van der Waals surface area contributed by atoms with Crippen molar-refractivity contribution in [2.75, 3.05) is 20.3 Å². The van der Waals surface area contributed by atoms with E-state index in [9.17, 15) is 9.18 Å². The van der Waals surface area contributed by atoms with E-state index >= 15 is 0 Å². The minimum atomic E-state index is -0.431. The van der Waals surface area contributed by atoms with Crippen molar-refractivity contribution in [2.24, 2.45) is 5.41 Å². The van der Waals surface area contributed by atoms with Crippen molar-refractivity contribution in [1.29, 1.82) is 5.26 Å². The Labute approximate surface area is 135 Å². The van der Waals surface area contributed by atoms with Crippen LogP contribution >= 0.6 is 0 Å². The number of ether oxygens (including phenoxy) is 1. The maximum Gasteiger partial charge on any atom is 0.315 e. The van der Waals surface area contributed by atoms with Crippen molar-refractivity contribution in [2.45, 2.75) is 32.2 Å². The second-order valence-electron chi connectivity index (χ2n) is 6.05. The summed E-state index contributed by atoms with van der Waals surface area (Å²) in [5.74, 6) is -0.431. The molecule has 0 atom stereocenters. The number of benzene rings is 1. The van der Waals surface area contributed by atoms with Gasteiger partial charge >= 0.3 is 6.03 Å². The number of halogens is 1. The molecule has 1 aromatic rings. The Hall–Kier alpha value is -2.13. The van der Waals surface area contributed by atoms with Crippen LogP contribution in [0, 0.1) is 22.6 Å². The first kappa shape index (κ1) is 17.2. The lowest BCUT2D eigenvalue weighted by molar-refractivity contribution is 0.0712. The van der Waals surface area contributed by atoms with Crippen LogP contribution in [0.3, 0.4) is 0 Å². The van der Waals surface area contributed by atoms with Gasteiger partial charge in [-0.1, -0.05) is 6.42 Å². The number of nitrogens with zero attached hydrogens (tertiary/aromatic N) is 1. The molecule has 2 N–H and O–H groups in total. The van der Waals surface area contributed by atoms with Gasteiger partial charge in [0.25, 0.3) is 0 Å². The highest BCUT2D eigenvalue weighted by molar-refractivity contribution is 5.73. The zero-order valence-electron chi connectivity index (χ0n) is 13.3. The number of carbonyl (C=O) groups excluding carboxylic acids is 1. The number of methoxy groups -OCH3 is 1. The lowest BCUT2D eigenvalue weighted by Crippen LogP contribution is -2.46. The molecule has 0 heterocycles. The molecular formula is C17H22FN3O2. The van der Waals surface area contributed by atoms with Crippen molar-refractivity contribution in [1.82, 2.24) is 10.6 Å². The summed E-state index contributed by atoms with van der Waals surface area (Å²) in [6.07, 6.45) is 4.30. The Morgan fingerprint density at radius 1 is 1.43 bits per heavy atom. The predicted octanol–water partition coefficient (Wildman–Crippen LogP) is 2.70. The lowest BCUT2D eigenvalue weighted by atomic mass is 9.67. The van der Waals surface area contributed by atoms with Gasteiger partial charge in [-0.05, 0) is 42.9 Å². The van der Waals surface area contributed by atoms with E-state index in [4.69, 9.17) is 10.00 Å². The lowest BCUT2D eigenvalue weighted by Gasteiger charge is -2.42. The summed E-state index contributed by atoms with van der Waals surface area (Å²) in [5, 5.41) is 14.3. The molecule has 1 fully saturated rings. The van der Waals surface area contributed by atoms with Crippen LogP contribution in [0.25, 0.3) is 0 Å². The minimum absolute atomic E-state index is 0.0538. The number of carbonyl (C=O) groups is 1. The Bertz CT molecular complexity index is 594. The molecule has 6 heteroatoms. The molecule has 1 aliphatic carbocycles. The molecule has 124 valence electrons. The van der Waals surface area contributed by atoms with E-state index in [-0.39, 0.29) is 18.0 Å². The van der Waals surface area contributed by atoms with Crippen LogP contribution < -0.4 is 10.6 Å². The molecule has 1 aromatic carbocycles. The fourth-order valence-electron chi connectivity index (χ4n) is 2.80. The van der Waals surface area contributed by atoms with Gasteiger partial charge in [0.2, 0.25) is 0 Å². The SMILES string of the molecule is COCCC1(CNC(=O)NCc2cc(C#N)ccc2F)CCC1. The van der Waals surface area contributed by atoms with E-state index < -0.39 is 5.82 Å². The summed E-state index contributed by atoms with van der Waals surface area (Å²) in [6, 6.07) is 5.73. The third-order valence-corrected chi connectivity index (χ3v) is 4.49. The Kier molecular flexibility index (Phi) is 5.94. The van der Waals surface area contributed by atoms with E-state index in [1.807, 2.05) is 6.07 Å². The Morgan fingerprint density at radius 2 is 2.22 bits per heavy atom. The van der Waals surface area contributed by atoms with Crippen molar-refractivity contribution < 1.29 is 13.9 Å². The molecule has 23 heavy (non-hydrogen) atoms. The molecule has 0 spiro atoms. The quantitative estimate of drug-likeness (QED) is 0.811. The predicted molar refractivity (Wildman–Crippen MR) is 84.1 cm³/mol. The average Bonchev–Trinajstić information content (AvgIpc) is 2.53. The number of hydrogen-bond donors (Lipinski definition) is 2. The van der Waals surface area contributed by atoms with E-state index in [0.29, 0.717) is 24.3 Å². The molecule has 0 aromatic heterocycles. The van der Waals surface area contributed by atoms with Gasteiger partial charge < -0.3 is 15.4 Å². The molecule has 1 aliphatic rings. The minimum Gasteiger partial charge on any atom is -0.385 e. The first-order valence-electron chi connectivity index (χ1n) is 7.78. The first-order chi connectivity index (χ1) is 11.1. The number of nitrogens with one attached hydrogen (secondary N) is 2. The van der Waals surface area contributed by atoms with Crippen LogP contribution in [0.15, 0.2) is 18.2 Å². The van der Waals surface area contributed by atoms with E-state index in [0.717, 1.165) is 19.3 Å². The topological polar surface area (TPSA) is 74.2 Å². The highest BCUT2D eigenvalue weighted by Gasteiger charge is 2.36. The molecule has 2 amide bonds. The Balaban J connectivity index is 1.80. The third-order valence-electron chi connectivity index (χ3n) is 4.49. The van der Waals surface area contributed by atoms with Gasteiger partial charge in [-0.15, -0.1) is 0 Å². The fraction of sp³-hybridized carbons (Fsp3) is 0.529. The monoisotopic (exact) mass is 319 g/mol. The van der Waals surface area contributed by atoms with Crippen LogP contribution in [-0.2, 0) is 11.3 Å². The van der Waals surface area contributed by atoms with E-state index in [1.165, 1.54) is 24.6 Å². The summed E-state index contributed by atoms with van der Waals surface area (Å²) in [6.45, 7) is 1.34. The molecule has 0 radical (unpaired) electrons. The molecular weight excluding hydrogens is 297 g/mol. The standard InChI is InChI=1S/C17H22FN3O2/c1-23-8-7-17(5-2-6-17)12-21-16(22)20-11-14-9-13(10-19)3-4-15(14)18/h3-4,9H,2,5-8,11-12H2,1H3,(H2,20,21,22). The fourth-order valence-corrected chi connectivity index (χ4v) is 2.80. The van der Waals surface area contributed by atoms with Gasteiger partial charge in [0.1, 0.15) is 5.82 Å². The van der Waals surface area contributed by atoms with Crippen molar-refractivity contribution in [3.63, 3.8) is 0 Å². The smallest absolute Gasteiger partial charge is 0.315 e. The average molecular weight is 319 g/mol. The highest BCUT2D eigenvalue weighted by Crippen LogP contribution is 2.43. The number of urea groups is 1. The van der Waals surface area contributed by atoms with Gasteiger partial charge in [-0.2, -0.15) is 5.26 Å². The molecule has 1 saturated carbocycles. The van der Waals surface area contributed by atoms with Crippen molar-refractivity contribution in [3.05, 3.63) is 35.1 Å². The van der Waals surface area contributed by atoms with Crippen molar-refractivity contribution in [3.8, 4) is 6.07 Å². The molecule has 0 saturated heterocycles. The van der Waals surface area contributed by atoms with Gasteiger partial charge in [-0.3, -0.25) is 0 Å². The van der Waals surface area contributed by atoms with E-state index in [1.54, 1.807) is 7.11 Å². The van der Waals surface area contributed by atoms with Crippen molar-refractivity contribution >= 4 is 6.03 Å². The molecule has 0 bridgehead atoms. The number of amides is 2. The van der Waals surface area contributed by atoms with Gasteiger partial charge in [-0.25, -0.2) is 9.18 Å². The summed E-state index contributed by atoms with van der Waals surface area (Å²) in [5.41, 5.74) is 0.813. The zero-order valence-corrected chi connectivity index (χ0v) is 13.3. The van der Waals surface area contributed by atoms with Gasteiger partial charge in [0.15, 0.2) is 0 Å². The van der Waals surface area contributed by atoms with Crippen LogP contribution in [0.1, 0.15) is 36.8 Å². The number of rotatable bonds is 7. The third kappa shape index (κ3) is 4.67. The summed E-state index contributed by atoms with van der Waals surface area (Å²) in [4.78, 5) is 11.9. The Morgan fingerprint density at radius 3 is 2.83 bits per heavy atom. The maximum atomic E-state index is 13.6. The number of hydrogen-bond acceptors (Lipinski definition) is 3. The highest BCUT2D eigenvalue weighted by atomic mass is 19.1. The maximum absolute atomic E-state index is 13.6. The molecule has 5 nitrogen and oxygen atoms in total.